The van der Waals surface area contributed by atoms with E-state index in [1.54, 1.807) is 6.07 Å². The van der Waals surface area contributed by atoms with Crippen LogP contribution < -0.4 is 10.3 Å². The highest BCUT2D eigenvalue weighted by Gasteiger charge is 2.16. The van der Waals surface area contributed by atoms with Crippen molar-refractivity contribution in [3.63, 3.8) is 0 Å². The standard InChI is InChI=1S/C15H15FN2O2/c1-20-13-7-6-9(8-11(13)16)14-17-12-5-3-2-4-10(12)15(19)18-14/h6-8H,2-5H2,1H3,(H,17,18,19). The Hall–Kier alpha value is -2.17. The maximum atomic E-state index is 13.7. The van der Waals surface area contributed by atoms with Crippen molar-refractivity contribution >= 4 is 0 Å². The minimum Gasteiger partial charge on any atom is -0.494 e. The van der Waals surface area contributed by atoms with Gasteiger partial charge in [-0.05, 0) is 43.9 Å². The topological polar surface area (TPSA) is 55.0 Å². The number of halogens is 1. The van der Waals surface area contributed by atoms with Crippen LogP contribution in [0, 0.1) is 5.82 Å². The van der Waals surface area contributed by atoms with Gasteiger partial charge in [-0.15, -0.1) is 0 Å². The summed E-state index contributed by atoms with van der Waals surface area (Å²) in [5.41, 5.74) is 2.05. The van der Waals surface area contributed by atoms with Crippen LogP contribution in [0.3, 0.4) is 0 Å². The van der Waals surface area contributed by atoms with Crippen molar-refractivity contribution in [2.75, 3.05) is 7.11 Å². The van der Waals surface area contributed by atoms with Crippen molar-refractivity contribution in [1.82, 2.24) is 9.97 Å². The van der Waals surface area contributed by atoms with Gasteiger partial charge in [0.05, 0.1) is 12.8 Å². The quantitative estimate of drug-likeness (QED) is 0.915. The van der Waals surface area contributed by atoms with Crippen molar-refractivity contribution < 1.29 is 9.13 Å². The molecule has 0 bridgehead atoms. The van der Waals surface area contributed by atoms with Crippen LogP contribution in [0.25, 0.3) is 11.4 Å². The number of benzene rings is 1. The molecule has 2 aromatic rings. The molecule has 0 atom stereocenters. The average molecular weight is 274 g/mol. The van der Waals surface area contributed by atoms with E-state index >= 15 is 0 Å². The number of nitrogens with zero attached hydrogens (tertiary/aromatic N) is 1. The molecule has 0 aliphatic heterocycles. The molecule has 1 heterocycles. The van der Waals surface area contributed by atoms with Crippen LogP contribution in [0.5, 0.6) is 5.75 Å². The Labute approximate surface area is 115 Å². The summed E-state index contributed by atoms with van der Waals surface area (Å²) in [6, 6.07) is 4.55. The molecule has 3 rings (SSSR count). The molecule has 0 amide bonds. The van der Waals surface area contributed by atoms with Gasteiger partial charge in [0.25, 0.3) is 5.56 Å². The minimum absolute atomic E-state index is 0.110. The van der Waals surface area contributed by atoms with Crippen LogP contribution in [0.15, 0.2) is 23.0 Å². The first-order chi connectivity index (χ1) is 9.69. The fraction of sp³-hybridized carbons (Fsp3) is 0.333. The van der Waals surface area contributed by atoms with Crippen LogP contribution in [-0.2, 0) is 12.8 Å². The maximum Gasteiger partial charge on any atom is 0.254 e. The molecule has 1 aromatic heterocycles. The third kappa shape index (κ3) is 2.19. The van der Waals surface area contributed by atoms with Crippen molar-refractivity contribution in [3.8, 4) is 17.1 Å². The molecule has 0 spiro atoms. The zero-order valence-corrected chi connectivity index (χ0v) is 11.2. The lowest BCUT2D eigenvalue weighted by Gasteiger charge is -2.14. The summed E-state index contributed by atoms with van der Waals surface area (Å²) < 4.78 is 18.6. The summed E-state index contributed by atoms with van der Waals surface area (Å²) in [5, 5.41) is 0. The minimum atomic E-state index is -0.467. The molecule has 1 N–H and O–H groups in total. The molecule has 0 radical (unpaired) electrons. The number of methoxy groups -OCH3 is 1. The van der Waals surface area contributed by atoms with Crippen LogP contribution in [-0.4, -0.2) is 17.1 Å². The number of aromatic nitrogens is 2. The highest BCUT2D eigenvalue weighted by atomic mass is 19.1. The number of rotatable bonds is 2. The van der Waals surface area contributed by atoms with Gasteiger partial charge in [-0.25, -0.2) is 9.37 Å². The van der Waals surface area contributed by atoms with E-state index in [2.05, 4.69) is 9.97 Å². The van der Waals surface area contributed by atoms with Crippen molar-refractivity contribution in [1.29, 1.82) is 0 Å². The normalized spacial score (nSPS) is 13.9. The van der Waals surface area contributed by atoms with Crippen molar-refractivity contribution in [2.24, 2.45) is 0 Å². The number of hydrogen-bond acceptors (Lipinski definition) is 3. The predicted octanol–water partition coefficient (Wildman–Crippen LogP) is 2.46. The van der Waals surface area contributed by atoms with Gasteiger partial charge in [0.15, 0.2) is 11.6 Å². The third-order valence-corrected chi connectivity index (χ3v) is 3.62. The summed E-state index contributed by atoms with van der Waals surface area (Å²) in [5.74, 6) is 0.122. The van der Waals surface area contributed by atoms with Crippen LogP contribution in [0.2, 0.25) is 0 Å². The summed E-state index contributed by atoms with van der Waals surface area (Å²) in [6.07, 6.45) is 3.65. The highest BCUT2D eigenvalue weighted by Crippen LogP contribution is 2.24. The van der Waals surface area contributed by atoms with E-state index in [0.717, 1.165) is 36.9 Å². The Morgan fingerprint density at radius 3 is 2.85 bits per heavy atom. The monoisotopic (exact) mass is 274 g/mol. The molecule has 0 fully saturated rings. The Kier molecular flexibility index (Phi) is 3.26. The fourth-order valence-electron chi connectivity index (χ4n) is 2.55. The first kappa shape index (κ1) is 12.8. The summed E-state index contributed by atoms with van der Waals surface area (Å²) >= 11 is 0. The second kappa shape index (κ2) is 5.07. The molecule has 0 saturated carbocycles. The molecule has 104 valence electrons. The number of hydrogen-bond donors (Lipinski definition) is 1. The molecular formula is C15H15FN2O2. The van der Waals surface area contributed by atoms with Gasteiger partial charge in [0.2, 0.25) is 0 Å². The predicted molar refractivity (Wildman–Crippen MR) is 73.4 cm³/mol. The molecule has 20 heavy (non-hydrogen) atoms. The first-order valence-electron chi connectivity index (χ1n) is 6.65. The van der Waals surface area contributed by atoms with E-state index in [1.807, 2.05) is 0 Å². The largest absolute Gasteiger partial charge is 0.494 e. The number of fused-ring (bicyclic) bond motifs is 1. The van der Waals surface area contributed by atoms with Gasteiger partial charge in [-0.1, -0.05) is 0 Å². The second-order valence-electron chi connectivity index (χ2n) is 4.90. The van der Waals surface area contributed by atoms with E-state index in [0.29, 0.717) is 11.4 Å². The molecule has 0 saturated heterocycles. The Morgan fingerprint density at radius 1 is 1.30 bits per heavy atom. The highest BCUT2D eigenvalue weighted by molar-refractivity contribution is 5.57. The summed E-state index contributed by atoms with van der Waals surface area (Å²) in [4.78, 5) is 19.3. The zero-order chi connectivity index (χ0) is 14.1. The summed E-state index contributed by atoms with van der Waals surface area (Å²) in [6.45, 7) is 0. The summed E-state index contributed by atoms with van der Waals surface area (Å²) in [7, 11) is 1.41. The van der Waals surface area contributed by atoms with E-state index in [-0.39, 0.29) is 11.3 Å². The van der Waals surface area contributed by atoms with Gasteiger partial charge in [0.1, 0.15) is 5.82 Å². The number of aryl methyl sites for hydroxylation is 1. The Balaban J connectivity index is 2.08. The van der Waals surface area contributed by atoms with Crippen molar-refractivity contribution in [2.45, 2.75) is 25.7 Å². The smallest absolute Gasteiger partial charge is 0.254 e. The van der Waals surface area contributed by atoms with E-state index in [4.69, 9.17) is 4.74 Å². The van der Waals surface area contributed by atoms with Gasteiger partial charge < -0.3 is 9.72 Å². The number of ether oxygens (including phenoxy) is 1. The van der Waals surface area contributed by atoms with Crippen LogP contribution in [0.4, 0.5) is 4.39 Å². The molecule has 4 nitrogen and oxygen atoms in total. The van der Waals surface area contributed by atoms with E-state index in [1.165, 1.54) is 19.2 Å². The maximum absolute atomic E-state index is 13.7. The Morgan fingerprint density at radius 2 is 2.10 bits per heavy atom. The lowest BCUT2D eigenvalue weighted by Crippen LogP contribution is -2.21. The average Bonchev–Trinajstić information content (AvgIpc) is 2.47. The van der Waals surface area contributed by atoms with Crippen molar-refractivity contribution in [3.05, 3.63) is 45.6 Å². The van der Waals surface area contributed by atoms with Gasteiger partial charge in [0, 0.05) is 11.1 Å². The van der Waals surface area contributed by atoms with Crippen LogP contribution >= 0.6 is 0 Å². The van der Waals surface area contributed by atoms with E-state index < -0.39 is 5.82 Å². The Bertz CT molecular complexity index is 710. The first-order valence-corrected chi connectivity index (χ1v) is 6.65. The molecule has 0 unspecified atom stereocenters. The van der Waals surface area contributed by atoms with Crippen LogP contribution in [0.1, 0.15) is 24.1 Å². The van der Waals surface area contributed by atoms with Gasteiger partial charge >= 0.3 is 0 Å². The zero-order valence-electron chi connectivity index (χ0n) is 11.2. The third-order valence-electron chi connectivity index (χ3n) is 3.62. The number of nitrogens with one attached hydrogen (secondary N) is 1. The number of H-pyrrole nitrogens is 1. The molecule has 1 aliphatic carbocycles. The van der Waals surface area contributed by atoms with Gasteiger partial charge in [-0.3, -0.25) is 4.79 Å². The molecule has 5 heteroatoms. The van der Waals surface area contributed by atoms with Gasteiger partial charge in [-0.2, -0.15) is 0 Å². The fourth-order valence-corrected chi connectivity index (χ4v) is 2.55. The lowest BCUT2D eigenvalue weighted by atomic mass is 9.97. The lowest BCUT2D eigenvalue weighted by molar-refractivity contribution is 0.386. The van der Waals surface area contributed by atoms with E-state index in [9.17, 15) is 9.18 Å². The second-order valence-corrected chi connectivity index (χ2v) is 4.90. The number of aromatic amines is 1. The molecule has 1 aromatic carbocycles. The SMILES string of the molecule is COc1ccc(-c2nc3c(c(=O)[nH]2)CCCC3)cc1F. The molecular weight excluding hydrogens is 259 g/mol. The molecule has 1 aliphatic rings.